The summed E-state index contributed by atoms with van der Waals surface area (Å²) >= 11 is 3.00. The summed E-state index contributed by atoms with van der Waals surface area (Å²) in [5.41, 5.74) is 7.12. The van der Waals surface area contributed by atoms with Crippen LogP contribution in [0.2, 0.25) is 0 Å². The molecule has 1 unspecified atom stereocenters. The maximum Gasteiger partial charge on any atom is 0.405 e. The van der Waals surface area contributed by atoms with Crippen molar-refractivity contribution >= 4 is 40.4 Å². The van der Waals surface area contributed by atoms with Crippen molar-refractivity contribution in [3.63, 3.8) is 0 Å². The van der Waals surface area contributed by atoms with Crippen molar-refractivity contribution in [1.29, 1.82) is 0 Å². The zero-order valence-corrected chi connectivity index (χ0v) is 20.4. The van der Waals surface area contributed by atoms with E-state index in [4.69, 9.17) is 15.5 Å². The van der Waals surface area contributed by atoms with Crippen LogP contribution in [-0.2, 0) is 22.4 Å². The first-order chi connectivity index (χ1) is 17.4. The molecule has 3 heterocycles. The number of thiophene rings is 1. The molecule has 3 aromatic heterocycles. The molecule has 4 rings (SSSR count). The van der Waals surface area contributed by atoms with Gasteiger partial charge in [0.15, 0.2) is 6.10 Å². The van der Waals surface area contributed by atoms with E-state index in [-0.39, 0.29) is 12.1 Å². The van der Waals surface area contributed by atoms with Crippen LogP contribution in [0.25, 0.3) is 9.88 Å². The van der Waals surface area contributed by atoms with Crippen molar-refractivity contribution in [2.24, 2.45) is 5.73 Å². The second-order valence-corrected chi connectivity index (χ2v) is 9.50. The van der Waals surface area contributed by atoms with E-state index in [1.807, 2.05) is 22.9 Å². The molecule has 0 aliphatic carbocycles. The summed E-state index contributed by atoms with van der Waals surface area (Å²) < 4.78 is 5.10. The van der Waals surface area contributed by atoms with E-state index in [0.717, 1.165) is 15.4 Å². The van der Waals surface area contributed by atoms with Crippen LogP contribution in [-0.4, -0.2) is 33.0 Å². The van der Waals surface area contributed by atoms with E-state index in [9.17, 15) is 19.7 Å². The topological polar surface area (TPSA) is 150 Å². The minimum Gasteiger partial charge on any atom is -0.436 e. The van der Waals surface area contributed by atoms with Crippen molar-refractivity contribution in [1.82, 2.24) is 15.3 Å². The third-order valence-electron chi connectivity index (χ3n) is 5.19. The molecule has 36 heavy (non-hydrogen) atoms. The SMILES string of the molecule is NC(=O)OC(Cc1ccccn1)C(=O)N[C@@H](Cc1ccc([N+](=O)[O-])cc1)c1csc(-c2cccs2)n1. The van der Waals surface area contributed by atoms with Gasteiger partial charge in [0, 0.05) is 35.8 Å². The second-order valence-electron chi connectivity index (χ2n) is 7.69. The molecule has 0 aliphatic heterocycles. The smallest absolute Gasteiger partial charge is 0.405 e. The predicted octanol–water partition coefficient (Wildman–Crippen LogP) is 4.28. The average molecular weight is 524 g/mol. The summed E-state index contributed by atoms with van der Waals surface area (Å²) in [6, 6.07) is 14.6. The number of nitro benzene ring substituents is 1. The lowest BCUT2D eigenvalue weighted by Crippen LogP contribution is -2.42. The molecule has 3 N–H and O–H groups in total. The Morgan fingerprint density at radius 1 is 1.08 bits per heavy atom. The molecule has 0 fully saturated rings. The normalized spacial score (nSPS) is 12.4. The third-order valence-corrected chi connectivity index (χ3v) is 7.09. The standard InChI is InChI=1S/C24H21N5O5S2/c25-24(31)34-20(13-16-4-1-2-10-26-16)22(30)27-18(12-15-6-8-17(9-7-15)29(32)33)19-14-36-23(28-19)21-5-3-11-35-21/h1-11,14,18,20H,12-13H2,(H2,25,31)(H,27,30)/t18-,20?/m0/s1. The fourth-order valence-corrected chi connectivity index (χ4v) is 5.17. The predicted molar refractivity (Wildman–Crippen MR) is 136 cm³/mol. The molecule has 10 nitrogen and oxygen atoms in total. The monoisotopic (exact) mass is 523 g/mol. The Balaban J connectivity index is 1.59. The van der Waals surface area contributed by atoms with Gasteiger partial charge in [-0.05, 0) is 35.6 Å². The minimum atomic E-state index is -1.20. The zero-order chi connectivity index (χ0) is 25.5. The second kappa shape index (κ2) is 11.5. The number of pyridine rings is 1. The van der Waals surface area contributed by atoms with Gasteiger partial charge in [-0.1, -0.05) is 24.3 Å². The Kier molecular flexibility index (Phi) is 7.98. The summed E-state index contributed by atoms with van der Waals surface area (Å²) in [6.07, 6.45) is -0.353. The lowest BCUT2D eigenvalue weighted by atomic mass is 10.0. The van der Waals surface area contributed by atoms with Crippen molar-refractivity contribution < 1.29 is 19.2 Å². The highest BCUT2D eigenvalue weighted by Gasteiger charge is 2.27. The first-order valence-corrected chi connectivity index (χ1v) is 12.5. The van der Waals surface area contributed by atoms with Crippen LogP contribution in [0.3, 0.4) is 0 Å². The maximum atomic E-state index is 13.3. The number of hydrogen-bond acceptors (Lipinski definition) is 9. The highest BCUT2D eigenvalue weighted by atomic mass is 32.1. The molecular weight excluding hydrogens is 502 g/mol. The van der Waals surface area contributed by atoms with Gasteiger partial charge in [-0.25, -0.2) is 9.78 Å². The Morgan fingerprint density at radius 2 is 1.89 bits per heavy atom. The van der Waals surface area contributed by atoms with Crippen LogP contribution in [0.15, 0.2) is 71.6 Å². The quantitative estimate of drug-likeness (QED) is 0.233. The van der Waals surface area contributed by atoms with Crippen molar-refractivity contribution in [3.05, 3.63) is 98.6 Å². The Labute approximate surface area is 213 Å². The first kappa shape index (κ1) is 24.9. The fourth-order valence-electron chi connectivity index (χ4n) is 3.48. The highest BCUT2D eigenvalue weighted by Crippen LogP contribution is 2.31. The van der Waals surface area contributed by atoms with Gasteiger partial charge in [-0.3, -0.25) is 19.9 Å². The number of thiazole rings is 1. The lowest BCUT2D eigenvalue weighted by molar-refractivity contribution is -0.384. The number of carbonyl (C=O) groups is 2. The van der Waals surface area contributed by atoms with Crippen LogP contribution in [0.1, 0.15) is 23.0 Å². The summed E-state index contributed by atoms with van der Waals surface area (Å²) in [6.45, 7) is 0. The number of non-ortho nitro benzene ring substituents is 1. The molecular formula is C24H21N5O5S2. The number of rotatable bonds is 10. The number of primary amides is 1. The van der Waals surface area contributed by atoms with Gasteiger partial charge in [-0.2, -0.15) is 0 Å². The summed E-state index contributed by atoms with van der Waals surface area (Å²) in [4.78, 5) is 45.2. The number of hydrogen-bond donors (Lipinski definition) is 2. The minimum absolute atomic E-state index is 0.0294. The number of carbonyl (C=O) groups excluding carboxylic acids is 2. The fraction of sp³-hybridized carbons (Fsp3) is 0.167. The van der Waals surface area contributed by atoms with Crippen LogP contribution >= 0.6 is 22.7 Å². The van der Waals surface area contributed by atoms with Crippen molar-refractivity contribution in [3.8, 4) is 9.88 Å². The number of nitro groups is 1. The number of benzene rings is 1. The molecule has 12 heteroatoms. The van der Waals surface area contributed by atoms with Gasteiger partial charge < -0.3 is 15.8 Å². The first-order valence-electron chi connectivity index (χ1n) is 10.8. The summed E-state index contributed by atoms with van der Waals surface area (Å²) in [7, 11) is 0. The van der Waals surface area contributed by atoms with E-state index in [2.05, 4.69) is 10.3 Å². The van der Waals surface area contributed by atoms with Crippen LogP contribution in [0, 0.1) is 10.1 Å². The van der Waals surface area contributed by atoms with Gasteiger partial charge in [0.1, 0.15) is 5.01 Å². The van der Waals surface area contributed by atoms with Gasteiger partial charge in [0.05, 0.1) is 21.5 Å². The molecule has 0 saturated heterocycles. The molecule has 0 spiro atoms. The maximum absolute atomic E-state index is 13.3. The molecule has 2 amide bonds. The third kappa shape index (κ3) is 6.49. The molecule has 4 aromatic rings. The van der Waals surface area contributed by atoms with Crippen molar-refractivity contribution in [2.45, 2.75) is 25.0 Å². The Hall–Kier alpha value is -4.16. The molecule has 0 saturated carbocycles. The largest absolute Gasteiger partial charge is 0.436 e. The molecule has 0 bridgehead atoms. The molecule has 184 valence electrons. The number of nitrogens with one attached hydrogen (secondary N) is 1. The van der Waals surface area contributed by atoms with Crippen LogP contribution in [0.5, 0.6) is 0 Å². The zero-order valence-electron chi connectivity index (χ0n) is 18.8. The van der Waals surface area contributed by atoms with Crippen molar-refractivity contribution in [2.75, 3.05) is 0 Å². The van der Waals surface area contributed by atoms with E-state index in [0.29, 0.717) is 17.8 Å². The summed E-state index contributed by atoms with van der Waals surface area (Å²) in [5, 5.41) is 18.5. The van der Waals surface area contributed by atoms with Gasteiger partial charge in [0.2, 0.25) is 0 Å². The Morgan fingerprint density at radius 3 is 2.53 bits per heavy atom. The van der Waals surface area contributed by atoms with E-state index >= 15 is 0 Å². The van der Waals surface area contributed by atoms with Crippen LogP contribution in [0.4, 0.5) is 10.5 Å². The number of ether oxygens (including phenoxy) is 1. The Bertz CT molecular complexity index is 1330. The number of aromatic nitrogens is 2. The van der Waals surface area contributed by atoms with E-state index in [1.165, 1.54) is 23.5 Å². The number of nitrogens with zero attached hydrogens (tertiary/aromatic N) is 3. The van der Waals surface area contributed by atoms with Gasteiger partial charge >= 0.3 is 6.09 Å². The van der Waals surface area contributed by atoms with E-state index in [1.54, 1.807) is 47.9 Å². The molecule has 0 radical (unpaired) electrons. The number of amides is 2. The van der Waals surface area contributed by atoms with E-state index < -0.39 is 29.1 Å². The molecule has 0 aliphatic rings. The van der Waals surface area contributed by atoms with Gasteiger partial charge in [-0.15, -0.1) is 22.7 Å². The summed E-state index contributed by atoms with van der Waals surface area (Å²) in [5.74, 6) is -0.558. The molecule has 2 atom stereocenters. The lowest BCUT2D eigenvalue weighted by Gasteiger charge is -2.21. The van der Waals surface area contributed by atoms with Crippen LogP contribution < -0.4 is 11.1 Å². The number of nitrogens with two attached hydrogens (primary N) is 1. The highest BCUT2D eigenvalue weighted by molar-refractivity contribution is 7.20. The average Bonchev–Trinajstić information content (AvgIpc) is 3.56. The molecule has 1 aromatic carbocycles. The van der Waals surface area contributed by atoms with Gasteiger partial charge in [0.25, 0.3) is 11.6 Å².